The highest BCUT2D eigenvalue weighted by Crippen LogP contribution is 2.33. The number of allylic oxidation sites excluding steroid dienone is 7. The van der Waals surface area contributed by atoms with Crippen LogP contribution in [0.4, 0.5) is 0 Å². The molecule has 4 aromatic carbocycles. The molecule has 1 heterocycles. The van der Waals surface area contributed by atoms with Gasteiger partial charge in [-0.05, 0) is 108 Å². The van der Waals surface area contributed by atoms with Gasteiger partial charge in [-0.15, -0.1) is 5.92 Å². The van der Waals surface area contributed by atoms with Gasteiger partial charge in [-0.3, -0.25) is 9.98 Å². The SMILES string of the molecule is C=N/C(=C\C(C#CC)c1cc(-c2ccccc2)cc(-c2ccncc2)c1)c1ccc(-c2ccccc2)cc1.C\C=C/C=C\C=C\C. The summed E-state index contributed by atoms with van der Waals surface area (Å²) in [6.07, 6.45) is 17.8. The van der Waals surface area contributed by atoms with Gasteiger partial charge in [0.2, 0.25) is 0 Å². The van der Waals surface area contributed by atoms with Crippen LogP contribution in [0.3, 0.4) is 0 Å². The second-order valence-corrected chi connectivity index (χ2v) is 10.4. The fraction of sp³-hybridized carbons (Fsp3) is 0.0909. The first-order valence-corrected chi connectivity index (χ1v) is 15.4. The first-order chi connectivity index (χ1) is 22.7. The molecule has 0 saturated carbocycles. The van der Waals surface area contributed by atoms with E-state index in [1.807, 2.05) is 93.9 Å². The number of aromatic nitrogens is 1. The average molecular weight is 597 g/mol. The molecular formula is C44H40N2. The molecule has 2 heteroatoms. The Morgan fingerprint density at radius 2 is 1.13 bits per heavy atom. The van der Waals surface area contributed by atoms with Crippen LogP contribution in [0.25, 0.3) is 39.1 Å². The van der Waals surface area contributed by atoms with Gasteiger partial charge < -0.3 is 0 Å². The molecule has 5 aromatic rings. The van der Waals surface area contributed by atoms with Crippen LogP contribution in [0.5, 0.6) is 0 Å². The van der Waals surface area contributed by atoms with E-state index >= 15 is 0 Å². The third-order valence-corrected chi connectivity index (χ3v) is 7.24. The van der Waals surface area contributed by atoms with E-state index in [4.69, 9.17) is 0 Å². The minimum atomic E-state index is -0.154. The van der Waals surface area contributed by atoms with Gasteiger partial charge in [-0.1, -0.05) is 127 Å². The second-order valence-electron chi connectivity index (χ2n) is 10.4. The summed E-state index contributed by atoms with van der Waals surface area (Å²) in [7, 11) is 0. The van der Waals surface area contributed by atoms with Gasteiger partial charge in [-0.25, -0.2) is 0 Å². The highest BCUT2D eigenvalue weighted by molar-refractivity contribution is 5.76. The molecule has 1 atom stereocenters. The Labute approximate surface area is 274 Å². The number of hydrogen-bond donors (Lipinski definition) is 0. The number of benzene rings is 4. The third-order valence-electron chi connectivity index (χ3n) is 7.24. The van der Waals surface area contributed by atoms with Gasteiger partial charge in [0.05, 0.1) is 11.6 Å². The highest BCUT2D eigenvalue weighted by atomic mass is 14.7. The van der Waals surface area contributed by atoms with E-state index in [0.29, 0.717) is 0 Å². The molecule has 0 spiro atoms. The van der Waals surface area contributed by atoms with Crippen molar-refractivity contribution in [3.05, 3.63) is 181 Å². The van der Waals surface area contributed by atoms with Gasteiger partial charge in [0.25, 0.3) is 0 Å². The maximum absolute atomic E-state index is 4.40. The fourth-order valence-electron chi connectivity index (χ4n) is 4.93. The van der Waals surface area contributed by atoms with Gasteiger partial charge in [0, 0.05) is 12.4 Å². The van der Waals surface area contributed by atoms with E-state index in [1.54, 1.807) is 0 Å². The van der Waals surface area contributed by atoms with Gasteiger partial charge >= 0.3 is 0 Å². The van der Waals surface area contributed by atoms with Crippen LogP contribution in [0.1, 0.15) is 37.8 Å². The summed E-state index contributed by atoms with van der Waals surface area (Å²) < 4.78 is 0. The molecule has 1 unspecified atom stereocenters. The van der Waals surface area contributed by atoms with Crippen LogP contribution in [0, 0.1) is 11.8 Å². The van der Waals surface area contributed by atoms with Gasteiger partial charge in [0.1, 0.15) is 0 Å². The predicted molar refractivity (Wildman–Crippen MR) is 199 cm³/mol. The second kappa shape index (κ2) is 18.1. The van der Waals surface area contributed by atoms with Gasteiger partial charge in [0.15, 0.2) is 0 Å². The molecule has 0 N–H and O–H groups in total. The quantitative estimate of drug-likeness (QED) is 0.0944. The number of nitrogens with zero attached hydrogens (tertiary/aromatic N) is 2. The van der Waals surface area contributed by atoms with Crippen molar-refractivity contribution in [1.29, 1.82) is 0 Å². The molecule has 0 aliphatic rings. The Hall–Kier alpha value is -5.78. The molecule has 2 nitrogen and oxygen atoms in total. The molecule has 5 rings (SSSR count). The first-order valence-electron chi connectivity index (χ1n) is 15.4. The lowest BCUT2D eigenvalue weighted by Gasteiger charge is -2.15. The normalized spacial score (nSPS) is 11.9. The lowest BCUT2D eigenvalue weighted by atomic mass is 9.90. The van der Waals surface area contributed by atoms with Crippen LogP contribution in [-0.2, 0) is 0 Å². The topological polar surface area (TPSA) is 25.2 Å². The minimum Gasteiger partial charge on any atom is -0.265 e. The molecule has 0 fully saturated rings. The predicted octanol–water partition coefficient (Wildman–Crippen LogP) is 11.6. The van der Waals surface area contributed by atoms with Crippen LogP contribution in [0.15, 0.2) is 175 Å². The zero-order valence-corrected chi connectivity index (χ0v) is 26.8. The van der Waals surface area contributed by atoms with Gasteiger partial charge in [-0.2, -0.15) is 0 Å². The van der Waals surface area contributed by atoms with Crippen molar-refractivity contribution < 1.29 is 0 Å². The zero-order chi connectivity index (χ0) is 32.4. The smallest absolute Gasteiger partial charge is 0.0670 e. The van der Waals surface area contributed by atoms with Crippen molar-refractivity contribution in [1.82, 2.24) is 4.98 Å². The third kappa shape index (κ3) is 9.61. The van der Waals surface area contributed by atoms with Crippen LogP contribution >= 0.6 is 0 Å². The Kier molecular flexibility index (Phi) is 13.1. The van der Waals surface area contributed by atoms with Crippen LogP contribution < -0.4 is 0 Å². The van der Waals surface area contributed by atoms with Crippen molar-refractivity contribution in [3.63, 3.8) is 0 Å². The fourth-order valence-corrected chi connectivity index (χ4v) is 4.93. The molecule has 0 bridgehead atoms. The molecule has 0 amide bonds. The lowest BCUT2D eigenvalue weighted by molar-refractivity contribution is 1.12. The molecule has 0 radical (unpaired) electrons. The Bertz CT molecular complexity index is 1780. The van der Waals surface area contributed by atoms with E-state index < -0.39 is 0 Å². The summed E-state index contributed by atoms with van der Waals surface area (Å²) in [5, 5.41) is 0. The largest absolute Gasteiger partial charge is 0.265 e. The maximum Gasteiger partial charge on any atom is 0.0670 e. The molecule has 226 valence electrons. The van der Waals surface area contributed by atoms with E-state index in [2.05, 4.69) is 126 Å². The lowest BCUT2D eigenvalue weighted by Crippen LogP contribution is -1.96. The van der Waals surface area contributed by atoms with Crippen LogP contribution in [0.2, 0.25) is 0 Å². The standard InChI is InChI=1S/C36H28N2.C8H12/c1-3-10-32(26-36(37-2)31-17-15-29(16-18-31)27-11-6-4-7-12-27)35-24-33(28-13-8-5-9-14-28)23-34(25-35)30-19-21-38-22-20-30;1-3-5-7-8-6-4-2/h4-9,11-26,32H,2H2,1H3;3-8H,1-2H3/b36-26-;5-3-,6-4+,8-7-. The van der Waals surface area contributed by atoms with Crippen molar-refractivity contribution in [2.24, 2.45) is 4.99 Å². The Balaban J connectivity index is 0.000000533. The molecule has 46 heavy (non-hydrogen) atoms. The summed E-state index contributed by atoms with van der Waals surface area (Å²) in [5.41, 5.74) is 9.83. The van der Waals surface area contributed by atoms with E-state index in [-0.39, 0.29) is 5.92 Å². The van der Waals surface area contributed by atoms with E-state index in [9.17, 15) is 0 Å². The van der Waals surface area contributed by atoms with Crippen LogP contribution in [-0.4, -0.2) is 11.7 Å². The Morgan fingerprint density at radius 3 is 1.63 bits per heavy atom. The number of rotatable bonds is 9. The first kappa shape index (κ1) is 33.1. The van der Waals surface area contributed by atoms with Crippen molar-refractivity contribution in [3.8, 4) is 45.2 Å². The molecule has 0 aliphatic carbocycles. The van der Waals surface area contributed by atoms with E-state index in [1.165, 1.54) is 11.1 Å². The highest BCUT2D eigenvalue weighted by Gasteiger charge is 2.13. The number of aliphatic imine (C=N–C) groups is 1. The molecule has 0 aliphatic heterocycles. The van der Waals surface area contributed by atoms with Crippen molar-refractivity contribution >= 4 is 12.4 Å². The van der Waals surface area contributed by atoms with Crippen molar-refractivity contribution in [2.45, 2.75) is 26.7 Å². The van der Waals surface area contributed by atoms with E-state index in [0.717, 1.165) is 39.1 Å². The summed E-state index contributed by atoms with van der Waals surface area (Å²) >= 11 is 0. The monoisotopic (exact) mass is 596 g/mol. The summed E-state index contributed by atoms with van der Waals surface area (Å²) in [6, 6.07) is 40.0. The summed E-state index contributed by atoms with van der Waals surface area (Å²) in [5.74, 6) is 6.38. The Morgan fingerprint density at radius 1 is 0.630 bits per heavy atom. The average Bonchev–Trinajstić information content (AvgIpc) is 3.13. The minimum absolute atomic E-state index is 0.154. The summed E-state index contributed by atoms with van der Waals surface area (Å²) in [6.45, 7) is 9.76. The molecular weight excluding hydrogens is 556 g/mol. The summed E-state index contributed by atoms with van der Waals surface area (Å²) in [4.78, 5) is 8.60. The maximum atomic E-state index is 4.40. The number of hydrogen-bond acceptors (Lipinski definition) is 2. The molecule has 0 saturated heterocycles. The zero-order valence-electron chi connectivity index (χ0n) is 26.8. The number of pyridine rings is 1. The molecule has 1 aromatic heterocycles. The van der Waals surface area contributed by atoms with Crippen molar-refractivity contribution in [2.75, 3.05) is 0 Å².